The first kappa shape index (κ1) is 10.8. The largest absolute Gasteiger partial charge is 0.398 e. The van der Waals surface area contributed by atoms with Crippen LogP contribution in [0.4, 0.5) is 5.69 Å². The molecule has 0 fully saturated rings. The molecule has 0 saturated carbocycles. The van der Waals surface area contributed by atoms with Gasteiger partial charge in [-0.1, -0.05) is 12.1 Å². The van der Waals surface area contributed by atoms with Crippen LogP contribution in [0.1, 0.15) is 5.56 Å². The molecule has 0 saturated heterocycles. The maximum Gasteiger partial charge on any atom is 0.181 e. The summed E-state index contributed by atoms with van der Waals surface area (Å²) in [5.41, 5.74) is 7.00. The van der Waals surface area contributed by atoms with E-state index < -0.39 is 9.84 Å². The minimum atomic E-state index is -3.25. The summed E-state index contributed by atoms with van der Waals surface area (Å²) in [4.78, 5) is 0.250. The Morgan fingerprint density at radius 2 is 2.14 bits per heavy atom. The molecule has 0 aliphatic rings. The summed E-state index contributed by atoms with van der Waals surface area (Å²) < 4.78 is 23.1. The summed E-state index contributed by atoms with van der Waals surface area (Å²) >= 11 is 0. The van der Waals surface area contributed by atoms with Crippen molar-refractivity contribution in [3.8, 4) is 0 Å². The average molecular weight is 211 g/mol. The van der Waals surface area contributed by atoms with Crippen LogP contribution in [-0.2, 0) is 9.84 Å². The summed E-state index contributed by atoms with van der Waals surface area (Å²) in [6.07, 6.45) is 1.37. The fourth-order valence-electron chi connectivity index (χ4n) is 1.06. The van der Waals surface area contributed by atoms with E-state index in [0.717, 1.165) is 5.56 Å². The van der Waals surface area contributed by atoms with Gasteiger partial charge in [-0.25, -0.2) is 8.42 Å². The molecule has 76 valence electrons. The van der Waals surface area contributed by atoms with Crippen LogP contribution >= 0.6 is 0 Å². The molecule has 0 amide bonds. The Morgan fingerprint density at radius 1 is 1.50 bits per heavy atom. The van der Waals surface area contributed by atoms with Crippen molar-refractivity contribution in [1.29, 1.82) is 0 Å². The molecule has 1 aromatic rings. The second-order valence-electron chi connectivity index (χ2n) is 3.09. The van der Waals surface area contributed by atoms with E-state index in [4.69, 9.17) is 5.73 Å². The van der Waals surface area contributed by atoms with Crippen LogP contribution < -0.4 is 5.73 Å². The van der Waals surface area contributed by atoms with Crippen molar-refractivity contribution >= 4 is 15.5 Å². The lowest BCUT2D eigenvalue weighted by molar-refractivity contribution is 0.599. The number of hydrogen-bond acceptors (Lipinski definition) is 3. The normalized spacial score (nSPS) is 11.2. The molecule has 0 bridgehead atoms. The van der Waals surface area contributed by atoms with Crippen LogP contribution in [0.5, 0.6) is 0 Å². The van der Waals surface area contributed by atoms with Gasteiger partial charge in [-0.05, 0) is 24.6 Å². The lowest BCUT2D eigenvalue weighted by atomic mass is 10.2. The SMILES string of the molecule is C=CCS(=O)(=O)c1ccc(C)c(N)c1. The van der Waals surface area contributed by atoms with Gasteiger partial charge in [0.1, 0.15) is 0 Å². The minimum Gasteiger partial charge on any atom is -0.398 e. The van der Waals surface area contributed by atoms with Gasteiger partial charge in [-0.2, -0.15) is 0 Å². The van der Waals surface area contributed by atoms with E-state index in [0.29, 0.717) is 5.69 Å². The average Bonchev–Trinajstić information content (AvgIpc) is 2.09. The van der Waals surface area contributed by atoms with Crippen molar-refractivity contribution in [1.82, 2.24) is 0 Å². The number of benzene rings is 1. The summed E-state index contributed by atoms with van der Waals surface area (Å²) in [6, 6.07) is 4.74. The van der Waals surface area contributed by atoms with E-state index in [1.165, 1.54) is 12.1 Å². The summed E-state index contributed by atoms with van der Waals surface area (Å²) in [5.74, 6) is -0.0600. The topological polar surface area (TPSA) is 60.2 Å². The monoisotopic (exact) mass is 211 g/mol. The first-order valence-corrected chi connectivity index (χ1v) is 5.82. The van der Waals surface area contributed by atoms with E-state index in [-0.39, 0.29) is 10.6 Å². The molecule has 0 aliphatic heterocycles. The maximum atomic E-state index is 11.6. The Morgan fingerprint density at radius 3 is 2.64 bits per heavy atom. The highest BCUT2D eigenvalue weighted by molar-refractivity contribution is 7.91. The second kappa shape index (κ2) is 3.84. The molecule has 0 unspecified atom stereocenters. The van der Waals surface area contributed by atoms with Gasteiger partial charge < -0.3 is 5.73 Å². The van der Waals surface area contributed by atoms with Crippen molar-refractivity contribution in [2.45, 2.75) is 11.8 Å². The molecule has 4 heteroatoms. The molecule has 1 rings (SSSR count). The van der Waals surface area contributed by atoms with E-state index in [1.807, 2.05) is 6.92 Å². The summed E-state index contributed by atoms with van der Waals surface area (Å²) in [7, 11) is -3.25. The molecule has 0 spiro atoms. The van der Waals surface area contributed by atoms with Crippen LogP contribution in [0.25, 0.3) is 0 Å². The Balaban J connectivity index is 3.21. The first-order valence-electron chi connectivity index (χ1n) is 4.17. The van der Waals surface area contributed by atoms with E-state index in [2.05, 4.69) is 6.58 Å². The van der Waals surface area contributed by atoms with Gasteiger partial charge in [0, 0.05) is 5.69 Å². The molecule has 14 heavy (non-hydrogen) atoms. The number of nitrogens with two attached hydrogens (primary N) is 1. The van der Waals surface area contributed by atoms with Gasteiger partial charge >= 0.3 is 0 Å². The molecule has 2 N–H and O–H groups in total. The van der Waals surface area contributed by atoms with Crippen molar-refractivity contribution < 1.29 is 8.42 Å². The number of aryl methyl sites for hydroxylation is 1. The Labute approximate surface area is 84.2 Å². The van der Waals surface area contributed by atoms with Gasteiger partial charge in [0.25, 0.3) is 0 Å². The zero-order valence-electron chi connectivity index (χ0n) is 8.03. The fraction of sp³-hybridized carbons (Fsp3) is 0.200. The quantitative estimate of drug-likeness (QED) is 0.609. The maximum absolute atomic E-state index is 11.6. The molecule has 3 nitrogen and oxygen atoms in total. The molecule has 0 aliphatic carbocycles. The predicted molar refractivity (Wildman–Crippen MR) is 57.8 cm³/mol. The number of anilines is 1. The van der Waals surface area contributed by atoms with Gasteiger partial charge in [0.2, 0.25) is 0 Å². The number of sulfone groups is 1. The fourth-order valence-corrected chi connectivity index (χ4v) is 2.15. The second-order valence-corrected chi connectivity index (χ2v) is 5.12. The van der Waals surface area contributed by atoms with Crippen LogP contribution in [0.15, 0.2) is 35.7 Å². The number of nitrogen functional groups attached to an aromatic ring is 1. The van der Waals surface area contributed by atoms with Crippen LogP contribution in [0.3, 0.4) is 0 Å². The molecular weight excluding hydrogens is 198 g/mol. The molecule has 0 aromatic heterocycles. The van der Waals surface area contributed by atoms with Gasteiger partial charge in [-0.3, -0.25) is 0 Å². The lowest BCUT2D eigenvalue weighted by Crippen LogP contribution is -2.05. The number of hydrogen-bond donors (Lipinski definition) is 1. The Bertz CT molecular complexity index is 449. The first-order chi connectivity index (χ1) is 6.47. The third-order valence-electron chi connectivity index (χ3n) is 1.95. The van der Waals surface area contributed by atoms with Crippen LogP contribution in [-0.4, -0.2) is 14.2 Å². The van der Waals surface area contributed by atoms with E-state index >= 15 is 0 Å². The number of rotatable bonds is 3. The van der Waals surface area contributed by atoms with Crippen LogP contribution in [0.2, 0.25) is 0 Å². The van der Waals surface area contributed by atoms with Crippen LogP contribution in [0, 0.1) is 6.92 Å². The highest BCUT2D eigenvalue weighted by Crippen LogP contribution is 2.18. The zero-order valence-corrected chi connectivity index (χ0v) is 8.84. The van der Waals surface area contributed by atoms with E-state index in [9.17, 15) is 8.42 Å². The van der Waals surface area contributed by atoms with E-state index in [1.54, 1.807) is 12.1 Å². The molecule has 1 aromatic carbocycles. The third kappa shape index (κ3) is 2.14. The third-order valence-corrected chi connectivity index (χ3v) is 3.59. The van der Waals surface area contributed by atoms with Crippen molar-refractivity contribution in [2.24, 2.45) is 0 Å². The van der Waals surface area contributed by atoms with Gasteiger partial charge in [0.15, 0.2) is 9.84 Å². The molecular formula is C10H13NO2S. The lowest BCUT2D eigenvalue weighted by Gasteiger charge is -2.04. The van der Waals surface area contributed by atoms with Gasteiger partial charge in [-0.15, -0.1) is 6.58 Å². The van der Waals surface area contributed by atoms with Gasteiger partial charge in [0.05, 0.1) is 10.6 Å². The Hall–Kier alpha value is -1.29. The zero-order chi connectivity index (χ0) is 10.8. The summed E-state index contributed by atoms with van der Waals surface area (Å²) in [5, 5.41) is 0. The van der Waals surface area contributed by atoms with Crippen molar-refractivity contribution in [3.05, 3.63) is 36.4 Å². The standard InChI is InChI=1S/C10H13NO2S/c1-3-6-14(12,13)9-5-4-8(2)10(11)7-9/h3-5,7H,1,6,11H2,2H3. The summed E-state index contributed by atoms with van der Waals surface area (Å²) in [6.45, 7) is 5.23. The van der Waals surface area contributed by atoms with Crippen molar-refractivity contribution in [3.63, 3.8) is 0 Å². The molecule has 0 atom stereocenters. The molecule has 0 heterocycles. The molecule has 0 radical (unpaired) electrons. The Kier molecular flexibility index (Phi) is 2.96. The van der Waals surface area contributed by atoms with Crippen molar-refractivity contribution in [2.75, 3.05) is 11.5 Å². The predicted octanol–water partition coefficient (Wildman–Crippen LogP) is 1.54. The minimum absolute atomic E-state index is 0.0600. The smallest absolute Gasteiger partial charge is 0.181 e. The highest BCUT2D eigenvalue weighted by Gasteiger charge is 2.12. The highest BCUT2D eigenvalue weighted by atomic mass is 32.2.